The molecule has 0 aromatic rings. The lowest BCUT2D eigenvalue weighted by Gasteiger charge is -2.12. The van der Waals surface area contributed by atoms with Crippen LogP contribution in [-0.2, 0) is 19.1 Å². The first kappa shape index (κ1) is 15.9. The first-order chi connectivity index (χ1) is 9.00. The second-order valence-electron chi connectivity index (χ2n) is 4.74. The van der Waals surface area contributed by atoms with E-state index < -0.39 is 18.2 Å². The maximum absolute atomic E-state index is 11.7. The summed E-state index contributed by atoms with van der Waals surface area (Å²) >= 11 is 0. The zero-order valence-corrected chi connectivity index (χ0v) is 11.4. The fourth-order valence-electron chi connectivity index (χ4n) is 1.72. The van der Waals surface area contributed by atoms with E-state index in [1.54, 1.807) is 0 Å². The molecule has 7 heteroatoms. The van der Waals surface area contributed by atoms with Gasteiger partial charge in [-0.05, 0) is 26.9 Å². The summed E-state index contributed by atoms with van der Waals surface area (Å²) in [6, 6.07) is 0. The highest BCUT2D eigenvalue weighted by atomic mass is 16.5. The van der Waals surface area contributed by atoms with Gasteiger partial charge in [0.05, 0.1) is 13.2 Å². The number of hydrogen-bond acceptors (Lipinski definition) is 5. The highest BCUT2D eigenvalue weighted by Gasteiger charge is 2.34. The molecule has 0 bridgehead atoms. The molecule has 0 aromatic carbocycles. The first-order valence-corrected chi connectivity index (χ1v) is 6.39. The number of ether oxygens (including phenoxy) is 2. The van der Waals surface area contributed by atoms with Gasteiger partial charge < -0.3 is 24.8 Å². The van der Waals surface area contributed by atoms with Crippen LogP contribution in [0.1, 0.15) is 12.8 Å². The predicted octanol–water partition coefficient (Wildman–Crippen LogP) is -0.687. The zero-order chi connectivity index (χ0) is 14.3. The van der Waals surface area contributed by atoms with Crippen LogP contribution in [-0.4, -0.2) is 74.5 Å². The van der Waals surface area contributed by atoms with E-state index >= 15 is 0 Å². The largest absolute Gasteiger partial charge is 0.479 e. The molecule has 19 heavy (non-hydrogen) atoms. The molecular formula is C12H22N2O5. The average Bonchev–Trinajstić information content (AvgIpc) is 2.82. The molecule has 0 spiro atoms. The van der Waals surface area contributed by atoms with Crippen LogP contribution >= 0.6 is 0 Å². The molecular weight excluding hydrogens is 252 g/mol. The van der Waals surface area contributed by atoms with Gasteiger partial charge in [0.2, 0.25) is 5.91 Å². The van der Waals surface area contributed by atoms with Gasteiger partial charge in [-0.1, -0.05) is 0 Å². The number of hydrogen-bond donors (Lipinski definition) is 2. The lowest BCUT2D eigenvalue weighted by atomic mass is 10.2. The Balaban J connectivity index is 2.07. The van der Waals surface area contributed by atoms with E-state index in [0.717, 1.165) is 6.54 Å². The molecule has 1 fully saturated rings. The second kappa shape index (κ2) is 8.08. The second-order valence-corrected chi connectivity index (χ2v) is 4.74. The van der Waals surface area contributed by atoms with E-state index in [9.17, 15) is 9.59 Å². The third-order valence-electron chi connectivity index (χ3n) is 2.82. The molecule has 0 aliphatic carbocycles. The van der Waals surface area contributed by atoms with Crippen LogP contribution in [0.3, 0.4) is 0 Å². The minimum atomic E-state index is -1.01. The average molecular weight is 274 g/mol. The standard InChI is InChI=1S/C12H22N2O5/c1-14(2)6-8-18-7-5-13-11(15)9-3-4-10(19-9)12(16)17/h9-10H,3-8H2,1-2H3,(H,13,15)(H,16,17)/t9-,10+/m0/s1. The highest BCUT2D eigenvalue weighted by Crippen LogP contribution is 2.19. The highest BCUT2D eigenvalue weighted by molar-refractivity contribution is 5.82. The van der Waals surface area contributed by atoms with Crippen LogP contribution < -0.4 is 5.32 Å². The van der Waals surface area contributed by atoms with Crippen LogP contribution in [0.4, 0.5) is 0 Å². The number of carbonyl (C=O) groups excluding carboxylic acids is 1. The Kier molecular flexibility index (Phi) is 6.75. The van der Waals surface area contributed by atoms with Crippen molar-refractivity contribution >= 4 is 11.9 Å². The summed E-state index contributed by atoms with van der Waals surface area (Å²) in [5.74, 6) is -1.28. The summed E-state index contributed by atoms with van der Waals surface area (Å²) in [4.78, 5) is 24.3. The summed E-state index contributed by atoms with van der Waals surface area (Å²) in [6.45, 7) is 2.29. The van der Waals surface area contributed by atoms with Crippen molar-refractivity contribution in [1.29, 1.82) is 0 Å². The lowest BCUT2D eigenvalue weighted by molar-refractivity contribution is -0.151. The van der Waals surface area contributed by atoms with Crippen LogP contribution in [0, 0.1) is 0 Å². The van der Waals surface area contributed by atoms with E-state index in [0.29, 0.717) is 32.6 Å². The van der Waals surface area contributed by atoms with Crippen molar-refractivity contribution < 1.29 is 24.2 Å². The monoisotopic (exact) mass is 274 g/mol. The number of carboxylic acids is 1. The van der Waals surface area contributed by atoms with E-state index in [1.807, 2.05) is 19.0 Å². The Hall–Kier alpha value is -1.18. The molecule has 110 valence electrons. The molecule has 0 unspecified atom stereocenters. The number of rotatable bonds is 8. The van der Waals surface area contributed by atoms with Crippen LogP contribution in [0.15, 0.2) is 0 Å². The summed E-state index contributed by atoms with van der Waals surface area (Å²) in [5.41, 5.74) is 0. The number of likely N-dealkylation sites (N-methyl/N-ethyl adjacent to an activating group) is 1. The summed E-state index contributed by atoms with van der Waals surface area (Å²) < 4.78 is 10.5. The van der Waals surface area contributed by atoms with Crippen molar-refractivity contribution in [2.24, 2.45) is 0 Å². The normalized spacial score (nSPS) is 22.7. The van der Waals surface area contributed by atoms with Gasteiger partial charge in [0, 0.05) is 13.1 Å². The fraction of sp³-hybridized carbons (Fsp3) is 0.833. The quantitative estimate of drug-likeness (QED) is 0.570. The number of nitrogens with one attached hydrogen (secondary N) is 1. The van der Waals surface area contributed by atoms with E-state index in [-0.39, 0.29) is 5.91 Å². The maximum atomic E-state index is 11.7. The molecule has 1 rings (SSSR count). The number of nitrogens with zero attached hydrogens (tertiary/aromatic N) is 1. The Morgan fingerprint density at radius 1 is 1.32 bits per heavy atom. The Bertz CT molecular complexity index is 308. The van der Waals surface area contributed by atoms with E-state index in [4.69, 9.17) is 14.6 Å². The van der Waals surface area contributed by atoms with Gasteiger partial charge in [0.25, 0.3) is 0 Å². The van der Waals surface area contributed by atoms with Gasteiger partial charge >= 0.3 is 5.97 Å². The fourth-order valence-corrected chi connectivity index (χ4v) is 1.72. The molecule has 0 saturated carbocycles. The van der Waals surface area contributed by atoms with E-state index in [2.05, 4.69) is 5.32 Å². The number of aliphatic carboxylic acids is 1. The van der Waals surface area contributed by atoms with Gasteiger partial charge in [0.15, 0.2) is 6.10 Å². The summed E-state index contributed by atoms with van der Waals surface area (Å²) in [5, 5.41) is 11.4. The number of carboxylic acid groups (broad SMARTS) is 1. The van der Waals surface area contributed by atoms with Crippen molar-refractivity contribution in [3.05, 3.63) is 0 Å². The van der Waals surface area contributed by atoms with Gasteiger partial charge in [0.1, 0.15) is 6.10 Å². The maximum Gasteiger partial charge on any atom is 0.332 e. The number of amides is 1. The molecule has 0 radical (unpaired) electrons. The zero-order valence-electron chi connectivity index (χ0n) is 11.4. The Morgan fingerprint density at radius 3 is 2.58 bits per heavy atom. The summed E-state index contributed by atoms with van der Waals surface area (Å²) in [7, 11) is 3.92. The molecule has 1 aliphatic rings. The molecule has 0 aromatic heterocycles. The van der Waals surface area contributed by atoms with Gasteiger partial charge in [-0.25, -0.2) is 4.79 Å². The van der Waals surface area contributed by atoms with Gasteiger partial charge in [-0.2, -0.15) is 0 Å². The smallest absolute Gasteiger partial charge is 0.332 e. The molecule has 2 N–H and O–H groups in total. The first-order valence-electron chi connectivity index (χ1n) is 6.39. The van der Waals surface area contributed by atoms with Crippen LogP contribution in [0.2, 0.25) is 0 Å². The molecule has 1 saturated heterocycles. The van der Waals surface area contributed by atoms with Crippen molar-refractivity contribution in [2.45, 2.75) is 25.0 Å². The van der Waals surface area contributed by atoms with Crippen LogP contribution in [0.5, 0.6) is 0 Å². The molecule has 1 amide bonds. The van der Waals surface area contributed by atoms with E-state index in [1.165, 1.54) is 0 Å². The van der Waals surface area contributed by atoms with Crippen LogP contribution in [0.25, 0.3) is 0 Å². The van der Waals surface area contributed by atoms with Crippen molar-refractivity contribution in [2.75, 3.05) is 40.4 Å². The predicted molar refractivity (Wildman–Crippen MR) is 67.9 cm³/mol. The third kappa shape index (κ3) is 6.00. The van der Waals surface area contributed by atoms with Gasteiger partial charge in [-0.3, -0.25) is 4.79 Å². The molecule has 1 heterocycles. The summed E-state index contributed by atoms with van der Waals surface area (Å²) in [6.07, 6.45) is -0.674. The Labute approximate surface area is 112 Å². The SMILES string of the molecule is CN(C)CCOCCNC(=O)[C@@H]1CC[C@H](C(=O)O)O1. The minimum Gasteiger partial charge on any atom is -0.479 e. The van der Waals surface area contributed by atoms with Crippen molar-refractivity contribution in [1.82, 2.24) is 10.2 Å². The van der Waals surface area contributed by atoms with Crippen molar-refractivity contribution in [3.63, 3.8) is 0 Å². The Morgan fingerprint density at radius 2 is 2.00 bits per heavy atom. The van der Waals surface area contributed by atoms with Gasteiger partial charge in [-0.15, -0.1) is 0 Å². The molecule has 7 nitrogen and oxygen atoms in total. The van der Waals surface area contributed by atoms with Crippen molar-refractivity contribution in [3.8, 4) is 0 Å². The number of carbonyl (C=O) groups is 2. The lowest BCUT2D eigenvalue weighted by Crippen LogP contribution is -2.37. The minimum absolute atomic E-state index is 0.264. The third-order valence-corrected chi connectivity index (χ3v) is 2.82. The molecule has 2 atom stereocenters. The topological polar surface area (TPSA) is 88.1 Å². The molecule has 1 aliphatic heterocycles.